The minimum atomic E-state index is -0.509. The Hall–Kier alpha value is -4.18. The van der Waals surface area contributed by atoms with Gasteiger partial charge in [-0.1, -0.05) is 41.6 Å². The first-order valence-corrected chi connectivity index (χ1v) is 14.8. The maximum absolute atomic E-state index is 14.0. The lowest BCUT2D eigenvalue weighted by atomic mass is 9.96. The van der Waals surface area contributed by atoms with E-state index >= 15 is 0 Å². The first kappa shape index (κ1) is 26.7. The molecule has 10 heteroatoms. The molecule has 3 aromatic rings. The molecule has 0 spiro atoms. The van der Waals surface area contributed by atoms with Crippen LogP contribution in [-0.2, 0) is 29.5 Å². The molecule has 0 radical (unpaired) electrons. The Morgan fingerprint density at radius 1 is 1.07 bits per heavy atom. The fourth-order valence-electron chi connectivity index (χ4n) is 6.86. The molecular formula is C32H36N6O4. The number of nitrogens with zero attached hydrogens (tertiary/aromatic N) is 4. The van der Waals surface area contributed by atoms with E-state index in [0.717, 1.165) is 66.3 Å². The van der Waals surface area contributed by atoms with Gasteiger partial charge in [0.15, 0.2) is 11.5 Å². The van der Waals surface area contributed by atoms with Crippen molar-refractivity contribution >= 4 is 17.9 Å². The third kappa shape index (κ3) is 5.27. The first-order chi connectivity index (χ1) is 20.5. The molecule has 218 valence electrons. The Morgan fingerprint density at radius 3 is 2.81 bits per heavy atom. The van der Waals surface area contributed by atoms with Crippen LogP contribution >= 0.6 is 0 Å². The molecule has 42 heavy (non-hydrogen) atoms. The molecule has 3 aliphatic heterocycles. The van der Waals surface area contributed by atoms with Gasteiger partial charge in [-0.3, -0.25) is 14.3 Å². The number of carbonyl (C=O) groups is 2. The number of amides is 2. The highest BCUT2D eigenvalue weighted by Crippen LogP contribution is 2.35. The second-order valence-electron chi connectivity index (χ2n) is 11.9. The number of aromatic nitrogens is 3. The smallest absolute Gasteiger partial charge is 0.243 e. The lowest BCUT2D eigenvalue weighted by Crippen LogP contribution is -2.51. The number of aryl methyl sites for hydroxylation is 1. The zero-order valence-corrected chi connectivity index (χ0v) is 23.8. The van der Waals surface area contributed by atoms with Gasteiger partial charge >= 0.3 is 0 Å². The maximum atomic E-state index is 14.0. The first-order valence-electron chi connectivity index (χ1n) is 14.8. The summed E-state index contributed by atoms with van der Waals surface area (Å²) in [4.78, 5) is 29.5. The molecule has 2 saturated heterocycles. The van der Waals surface area contributed by atoms with Crippen molar-refractivity contribution in [1.82, 2.24) is 30.5 Å². The van der Waals surface area contributed by atoms with Gasteiger partial charge in [0.25, 0.3) is 0 Å². The van der Waals surface area contributed by atoms with Crippen molar-refractivity contribution in [2.45, 2.75) is 50.1 Å². The van der Waals surface area contributed by atoms with Gasteiger partial charge in [-0.2, -0.15) is 0 Å². The highest BCUT2D eigenvalue weighted by molar-refractivity contribution is 5.91. The number of hydrogen-bond donors (Lipinski definition) is 2. The number of likely N-dealkylation sites (tertiary alicyclic amines) is 1. The standard InChI is InChI=1S/C32H36N6O4/c1-37-27-9-7-21(12-25(27)35-36-37)16-34-31(39)28-13-22(11-20-8-10-29-30(14-20)42-19-41-29)18-38(28)32(40)26-15-24(17-33-26)23-5-3-2-4-6-23/h2-6,8,10,12,14,22,24,26,28,33H,7,9,11,13,15-19H2,1H3,(H,34,39). The summed E-state index contributed by atoms with van der Waals surface area (Å²) in [6, 6.07) is 15.5. The largest absolute Gasteiger partial charge is 0.454 e. The van der Waals surface area contributed by atoms with Crippen molar-refractivity contribution in [1.29, 1.82) is 0 Å². The molecule has 10 nitrogen and oxygen atoms in total. The summed E-state index contributed by atoms with van der Waals surface area (Å²) in [5.41, 5.74) is 5.46. The monoisotopic (exact) mass is 568 g/mol. The quantitative estimate of drug-likeness (QED) is 0.451. The molecule has 4 atom stereocenters. The lowest BCUT2D eigenvalue weighted by Gasteiger charge is -2.27. The van der Waals surface area contributed by atoms with Crippen LogP contribution < -0.4 is 20.1 Å². The molecule has 1 aromatic heterocycles. The van der Waals surface area contributed by atoms with Crippen LogP contribution in [0.3, 0.4) is 0 Å². The number of fused-ring (bicyclic) bond motifs is 2. The Labute approximate surface area is 245 Å². The van der Waals surface area contributed by atoms with Crippen LogP contribution in [0.25, 0.3) is 6.08 Å². The second kappa shape index (κ2) is 11.2. The van der Waals surface area contributed by atoms with E-state index in [0.29, 0.717) is 19.5 Å². The minimum absolute atomic E-state index is 0.0165. The number of hydrogen-bond acceptors (Lipinski definition) is 7. The van der Waals surface area contributed by atoms with Crippen molar-refractivity contribution in [2.75, 3.05) is 26.4 Å². The third-order valence-electron chi connectivity index (χ3n) is 9.12. The Balaban J connectivity index is 1.05. The third-order valence-corrected chi connectivity index (χ3v) is 9.12. The van der Waals surface area contributed by atoms with Gasteiger partial charge in [-0.25, -0.2) is 0 Å². The number of ether oxygens (including phenoxy) is 2. The minimum Gasteiger partial charge on any atom is -0.454 e. The van der Waals surface area contributed by atoms with Gasteiger partial charge in [0.1, 0.15) is 11.7 Å². The molecule has 0 saturated carbocycles. The number of nitrogens with one attached hydrogen (secondary N) is 2. The Kier molecular flexibility index (Phi) is 7.15. The van der Waals surface area contributed by atoms with Crippen LogP contribution in [0.4, 0.5) is 0 Å². The van der Waals surface area contributed by atoms with Gasteiger partial charge in [-0.05, 0) is 78.8 Å². The lowest BCUT2D eigenvalue weighted by molar-refractivity contribution is -0.139. The highest BCUT2D eigenvalue weighted by atomic mass is 16.7. The predicted molar refractivity (Wildman–Crippen MR) is 156 cm³/mol. The summed E-state index contributed by atoms with van der Waals surface area (Å²) in [5.74, 6) is 1.87. The molecule has 7 rings (SSSR count). The van der Waals surface area contributed by atoms with Crippen LogP contribution in [0.15, 0.2) is 54.1 Å². The predicted octanol–water partition coefficient (Wildman–Crippen LogP) is 2.60. The molecule has 2 N–H and O–H groups in total. The van der Waals surface area contributed by atoms with Crippen molar-refractivity contribution in [2.24, 2.45) is 13.0 Å². The Morgan fingerprint density at radius 2 is 1.93 bits per heavy atom. The van der Waals surface area contributed by atoms with E-state index in [4.69, 9.17) is 9.47 Å². The number of carbonyl (C=O) groups excluding carboxylic acids is 2. The highest BCUT2D eigenvalue weighted by Gasteiger charge is 2.43. The molecule has 0 bridgehead atoms. The molecule has 2 aromatic carbocycles. The average molecular weight is 569 g/mol. The van der Waals surface area contributed by atoms with E-state index in [1.54, 1.807) is 0 Å². The number of benzene rings is 2. The Bertz CT molecular complexity index is 1520. The normalized spacial score (nSPS) is 24.4. The molecule has 4 unspecified atom stereocenters. The fourth-order valence-corrected chi connectivity index (χ4v) is 6.86. The van der Waals surface area contributed by atoms with E-state index < -0.39 is 6.04 Å². The molecule has 1 aliphatic carbocycles. The molecule has 2 amide bonds. The van der Waals surface area contributed by atoms with E-state index in [1.165, 1.54) is 5.56 Å². The van der Waals surface area contributed by atoms with Gasteiger partial charge in [-0.15, -0.1) is 5.10 Å². The topological polar surface area (TPSA) is 111 Å². The molecule has 4 heterocycles. The second-order valence-corrected chi connectivity index (χ2v) is 11.9. The van der Waals surface area contributed by atoms with Gasteiger partial charge in [0.2, 0.25) is 18.6 Å². The zero-order valence-electron chi connectivity index (χ0n) is 23.8. The summed E-state index contributed by atoms with van der Waals surface area (Å²) in [5, 5.41) is 15.0. The van der Waals surface area contributed by atoms with Crippen molar-refractivity contribution in [3.8, 4) is 11.5 Å². The van der Waals surface area contributed by atoms with Crippen LogP contribution in [0.2, 0.25) is 0 Å². The van der Waals surface area contributed by atoms with Gasteiger partial charge in [0, 0.05) is 26.7 Å². The van der Waals surface area contributed by atoms with Gasteiger partial charge in [0.05, 0.1) is 11.7 Å². The zero-order chi connectivity index (χ0) is 28.6. The van der Waals surface area contributed by atoms with Crippen molar-refractivity contribution in [3.63, 3.8) is 0 Å². The van der Waals surface area contributed by atoms with Crippen LogP contribution in [-0.4, -0.2) is 70.2 Å². The van der Waals surface area contributed by atoms with E-state index in [1.807, 2.05) is 59.1 Å². The summed E-state index contributed by atoms with van der Waals surface area (Å²) in [7, 11) is 1.90. The van der Waals surface area contributed by atoms with Crippen LogP contribution in [0, 0.1) is 5.92 Å². The van der Waals surface area contributed by atoms with Crippen LogP contribution in [0.1, 0.15) is 47.7 Å². The summed E-state index contributed by atoms with van der Waals surface area (Å²) in [6.45, 7) is 1.98. The maximum Gasteiger partial charge on any atom is 0.243 e. The summed E-state index contributed by atoms with van der Waals surface area (Å²) in [6.07, 6.45) is 5.83. The SMILES string of the molecule is Cn1nnc2c1CCC(CNC(=O)C1CC(Cc3ccc4c(c3)OCO4)CN1C(=O)C1CC(c3ccccc3)CN1)=C2. The summed E-state index contributed by atoms with van der Waals surface area (Å²) >= 11 is 0. The summed E-state index contributed by atoms with van der Waals surface area (Å²) < 4.78 is 12.9. The molecule has 4 aliphatic rings. The van der Waals surface area contributed by atoms with Gasteiger partial charge < -0.3 is 25.0 Å². The molecule has 2 fully saturated rings. The molecular weight excluding hydrogens is 532 g/mol. The van der Waals surface area contributed by atoms with Crippen LogP contribution in [0.5, 0.6) is 11.5 Å². The van der Waals surface area contributed by atoms with Crippen molar-refractivity contribution in [3.05, 3.63) is 76.6 Å². The van der Waals surface area contributed by atoms with E-state index in [2.05, 4.69) is 33.1 Å². The van der Waals surface area contributed by atoms with E-state index in [-0.39, 0.29) is 36.5 Å². The van der Waals surface area contributed by atoms with E-state index in [9.17, 15) is 9.59 Å². The average Bonchev–Trinajstić information content (AvgIpc) is 3.83. The van der Waals surface area contributed by atoms with Crippen molar-refractivity contribution < 1.29 is 19.1 Å². The fraction of sp³-hybridized carbons (Fsp3) is 0.438. The number of rotatable bonds is 7.